The Bertz CT molecular complexity index is 1050. The smallest absolute Gasteiger partial charge is 0.284 e. The van der Waals surface area contributed by atoms with Crippen LogP contribution in [0.15, 0.2) is 41.8 Å². The molecule has 4 N–H and O–H groups in total. The maximum atomic E-state index is 11.2. The van der Waals surface area contributed by atoms with Crippen molar-refractivity contribution in [1.29, 1.82) is 0 Å². The van der Waals surface area contributed by atoms with Crippen LogP contribution in [0.25, 0.3) is 11.2 Å². The van der Waals surface area contributed by atoms with Gasteiger partial charge in [-0.05, 0) is 18.0 Å². The van der Waals surface area contributed by atoms with E-state index in [1.807, 2.05) is 0 Å². The molecule has 0 amide bonds. The van der Waals surface area contributed by atoms with E-state index in [0.717, 1.165) is 11.9 Å². The van der Waals surface area contributed by atoms with Gasteiger partial charge in [0.25, 0.3) is 5.69 Å². The molecule has 0 radical (unpaired) electrons. The Balaban J connectivity index is 1.61. The second-order valence-corrected chi connectivity index (χ2v) is 7.05. The summed E-state index contributed by atoms with van der Waals surface area (Å²) in [5, 5.41) is 40.6. The number of nitrogens with one attached hydrogen (secondary N) is 1. The van der Waals surface area contributed by atoms with Gasteiger partial charge in [0.2, 0.25) is 0 Å². The van der Waals surface area contributed by atoms with Crippen LogP contribution < -0.4 is 4.72 Å². The number of ether oxygens (including phenoxy) is 1. The maximum Gasteiger partial charge on any atom is 0.284 e. The van der Waals surface area contributed by atoms with Gasteiger partial charge in [0.1, 0.15) is 29.5 Å². The van der Waals surface area contributed by atoms with E-state index >= 15 is 0 Å². The topological polar surface area (TPSA) is 169 Å². The fourth-order valence-corrected chi connectivity index (χ4v) is 3.77. The molecular formula is C16H16N6O6S. The van der Waals surface area contributed by atoms with E-state index in [2.05, 4.69) is 19.7 Å². The van der Waals surface area contributed by atoms with E-state index in [-0.39, 0.29) is 5.69 Å². The van der Waals surface area contributed by atoms with Crippen molar-refractivity contribution in [2.75, 3.05) is 11.3 Å². The van der Waals surface area contributed by atoms with Crippen LogP contribution in [0, 0.1) is 10.1 Å². The number of aliphatic hydroxyl groups excluding tert-OH is 3. The highest BCUT2D eigenvalue weighted by Gasteiger charge is 2.44. The second kappa shape index (κ2) is 7.88. The first kappa shape index (κ1) is 19.5. The number of nitrogens with zero attached hydrogens (tertiary/aromatic N) is 5. The number of benzene rings is 1. The Morgan fingerprint density at radius 3 is 2.76 bits per heavy atom. The minimum atomic E-state index is -1.28. The molecule has 1 aliphatic rings. The van der Waals surface area contributed by atoms with Crippen molar-refractivity contribution in [3.05, 3.63) is 47.0 Å². The highest BCUT2D eigenvalue weighted by atomic mass is 32.2. The lowest BCUT2D eigenvalue weighted by Crippen LogP contribution is -2.33. The molecule has 0 unspecified atom stereocenters. The summed E-state index contributed by atoms with van der Waals surface area (Å²) in [6.07, 6.45) is -1.81. The molecule has 0 spiro atoms. The van der Waals surface area contributed by atoms with E-state index in [0.29, 0.717) is 21.9 Å². The predicted octanol–water partition coefficient (Wildman–Crippen LogP) is 0.465. The van der Waals surface area contributed by atoms with Gasteiger partial charge in [0.05, 0.1) is 17.9 Å². The first-order valence-electron chi connectivity index (χ1n) is 8.47. The predicted molar refractivity (Wildman–Crippen MR) is 101 cm³/mol. The fourth-order valence-electron chi connectivity index (χ4n) is 3.02. The largest absolute Gasteiger partial charge is 0.394 e. The molecule has 2 aromatic heterocycles. The minimum absolute atomic E-state index is 0.0488. The number of aromatic nitrogens is 4. The van der Waals surface area contributed by atoms with Crippen molar-refractivity contribution in [2.24, 2.45) is 0 Å². The highest BCUT2D eigenvalue weighted by Crippen LogP contribution is 2.34. The van der Waals surface area contributed by atoms with Gasteiger partial charge < -0.3 is 24.8 Å². The van der Waals surface area contributed by atoms with Gasteiger partial charge in [-0.3, -0.25) is 14.7 Å². The molecular weight excluding hydrogens is 404 g/mol. The van der Waals surface area contributed by atoms with Crippen molar-refractivity contribution in [3.8, 4) is 0 Å². The van der Waals surface area contributed by atoms with Crippen molar-refractivity contribution >= 4 is 34.6 Å². The van der Waals surface area contributed by atoms with Gasteiger partial charge in [-0.25, -0.2) is 15.0 Å². The molecule has 0 bridgehead atoms. The standard InChI is InChI=1S/C16H16N6O6S/c23-5-9-12(24)13(25)16(28-9)21-7-19-11-14(17-6-18-15(11)21)20-29-10-4-2-1-3-8(10)22(26)27/h1-4,6-7,9,12-13,16,23-25H,5H2,(H,17,18,20)/t9-,12-,13-,16-/m1/s1. The molecule has 29 heavy (non-hydrogen) atoms. The Kier molecular flexibility index (Phi) is 5.29. The van der Waals surface area contributed by atoms with Crippen molar-refractivity contribution in [3.63, 3.8) is 0 Å². The Hall–Kier alpha value is -2.84. The molecule has 0 aliphatic carbocycles. The van der Waals surface area contributed by atoms with Crippen molar-refractivity contribution in [2.45, 2.75) is 29.4 Å². The molecule has 3 aromatic rings. The number of imidazole rings is 1. The van der Waals surface area contributed by atoms with Crippen LogP contribution in [-0.2, 0) is 4.74 Å². The molecule has 12 nitrogen and oxygen atoms in total. The number of fused-ring (bicyclic) bond motifs is 1. The average molecular weight is 420 g/mol. The zero-order valence-electron chi connectivity index (χ0n) is 14.7. The highest BCUT2D eigenvalue weighted by molar-refractivity contribution is 8.00. The molecule has 1 aromatic carbocycles. The number of hydrogen-bond acceptors (Lipinski definition) is 11. The SMILES string of the molecule is O=[N+]([O-])c1ccccc1SNc1ncnc2c1ncn2[C@@H]1O[C@H](CO)[C@@H](O)[C@H]1O. The lowest BCUT2D eigenvalue weighted by Gasteiger charge is -2.16. The summed E-state index contributed by atoms with van der Waals surface area (Å²) in [6, 6.07) is 6.26. The van der Waals surface area contributed by atoms with Gasteiger partial charge in [0.15, 0.2) is 23.2 Å². The van der Waals surface area contributed by atoms with E-state index in [1.165, 1.54) is 23.3 Å². The quantitative estimate of drug-likeness (QED) is 0.248. The lowest BCUT2D eigenvalue weighted by molar-refractivity contribution is -0.387. The molecule has 1 fully saturated rings. The molecule has 1 aliphatic heterocycles. The zero-order chi connectivity index (χ0) is 20.5. The van der Waals surface area contributed by atoms with Crippen molar-refractivity contribution in [1.82, 2.24) is 19.5 Å². The summed E-state index contributed by atoms with van der Waals surface area (Å²) in [4.78, 5) is 23.6. The molecule has 4 atom stereocenters. The molecule has 4 rings (SSSR count). The third-order valence-electron chi connectivity index (χ3n) is 4.47. The Labute approximate surface area is 167 Å². The molecule has 152 valence electrons. The summed E-state index contributed by atoms with van der Waals surface area (Å²) in [5.74, 6) is 0.309. The van der Waals surface area contributed by atoms with E-state index in [9.17, 15) is 25.4 Å². The third kappa shape index (κ3) is 3.49. The normalized spacial score (nSPS) is 24.1. The summed E-state index contributed by atoms with van der Waals surface area (Å²) >= 11 is 1.00. The molecule has 3 heterocycles. The first-order valence-corrected chi connectivity index (χ1v) is 9.29. The Morgan fingerprint density at radius 1 is 1.24 bits per heavy atom. The average Bonchev–Trinajstić information content (AvgIpc) is 3.28. The summed E-state index contributed by atoms with van der Waals surface area (Å²) in [7, 11) is 0. The van der Waals surface area contributed by atoms with Crippen molar-refractivity contribution < 1.29 is 25.0 Å². The van der Waals surface area contributed by atoms with Gasteiger partial charge in [-0.1, -0.05) is 12.1 Å². The van der Waals surface area contributed by atoms with Gasteiger partial charge in [-0.15, -0.1) is 0 Å². The lowest BCUT2D eigenvalue weighted by atomic mass is 10.1. The van der Waals surface area contributed by atoms with Gasteiger partial charge in [0, 0.05) is 6.07 Å². The summed E-state index contributed by atoms with van der Waals surface area (Å²) < 4.78 is 9.88. The molecule has 13 heteroatoms. The van der Waals surface area contributed by atoms with Crippen LogP contribution in [0.5, 0.6) is 0 Å². The Morgan fingerprint density at radius 2 is 2.03 bits per heavy atom. The summed E-state index contributed by atoms with van der Waals surface area (Å²) in [5.41, 5.74) is 0.615. The van der Waals surface area contributed by atoms with Crippen LogP contribution in [0.2, 0.25) is 0 Å². The number of anilines is 1. The van der Waals surface area contributed by atoms with Gasteiger partial charge in [-0.2, -0.15) is 0 Å². The molecule has 0 saturated carbocycles. The van der Waals surface area contributed by atoms with E-state index < -0.39 is 36.1 Å². The first-order chi connectivity index (χ1) is 14.0. The number of rotatable bonds is 6. The number of nitro groups is 1. The van der Waals surface area contributed by atoms with Crippen LogP contribution in [-0.4, -0.2) is 64.7 Å². The maximum absolute atomic E-state index is 11.2. The summed E-state index contributed by atoms with van der Waals surface area (Å²) in [6.45, 7) is -0.449. The van der Waals surface area contributed by atoms with Crippen LogP contribution >= 0.6 is 11.9 Å². The fraction of sp³-hybridized carbons (Fsp3) is 0.312. The van der Waals surface area contributed by atoms with Crippen LogP contribution in [0.3, 0.4) is 0 Å². The van der Waals surface area contributed by atoms with E-state index in [4.69, 9.17) is 4.74 Å². The van der Waals surface area contributed by atoms with E-state index in [1.54, 1.807) is 18.2 Å². The third-order valence-corrected chi connectivity index (χ3v) is 5.33. The second-order valence-electron chi connectivity index (χ2n) is 6.20. The number of aliphatic hydroxyl groups is 3. The number of nitro benzene ring substituents is 1. The molecule has 1 saturated heterocycles. The number of para-hydroxylation sites is 1. The monoisotopic (exact) mass is 420 g/mol. The van der Waals surface area contributed by atoms with Gasteiger partial charge >= 0.3 is 0 Å². The zero-order valence-corrected chi connectivity index (χ0v) is 15.5. The number of hydrogen-bond donors (Lipinski definition) is 4. The van der Waals surface area contributed by atoms with Crippen LogP contribution in [0.1, 0.15) is 6.23 Å². The minimum Gasteiger partial charge on any atom is -0.394 e. The van der Waals surface area contributed by atoms with Crippen LogP contribution in [0.4, 0.5) is 11.5 Å².